The van der Waals surface area contributed by atoms with Crippen LogP contribution in [0.5, 0.6) is 5.75 Å². The molecule has 0 bridgehead atoms. The van der Waals surface area contributed by atoms with Crippen LogP contribution in [0.3, 0.4) is 0 Å². The number of halogens is 1. The molecule has 3 rings (SSSR count). The lowest BCUT2D eigenvalue weighted by Crippen LogP contribution is -2.62. The average Bonchev–Trinajstić information content (AvgIpc) is 2.71. The maximum atomic E-state index is 10.5. The van der Waals surface area contributed by atoms with Gasteiger partial charge in [-0.1, -0.05) is 6.07 Å². The first-order valence-electron chi connectivity index (χ1n) is 10.4. The number of nitrogens with zero attached hydrogens (tertiary/aromatic N) is 6. The smallest absolute Gasteiger partial charge is 0.219 e. The van der Waals surface area contributed by atoms with E-state index < -0.39 is 0 Å². The molecule has 1 aromatic carbocycles. The zero-order valence-corrected chi connectivity index (χ0v) is 20.1. The predicted octanol–water partition coefficient (Wildman–Crippen LogP) is 2.92. The molecule has 1 aromatic heterocycles. The lowest BCUT2D eigenvalue weighted by Gasteiger charge is -2.49. The van der Waals surface area contributed by atoms with Crippen LogP contribution >= 0.6 is 11.6 Å². The van der Waals surface area contributed by atoms with Crippen LogP contribution in [0.1, 0.15) is 46.1 Å². The number of phenolic OH excluding ortho intramolecular Hbond substituents is 1. The number of anilines is 1. The number of aliphatic imine (C=N–C) groups is 2. The van der Waals surface area contributed by atoms with Gasteiger partial charge in [0.15, 0.2) is 11.6 Å². The van der Waals surface area contributed by atoms with E-state index in [4.69, 9.17) is 17.3 Å². The highest BCUT2D eigenvalue weighted by molar-refractivity contribution is 6.65. The van der Waals surface area contributed by atoms with Gasteiger partial charge in [0, 0.05) is 36.8 Å². The molecule has 0 spiro atoms. The molecule has 0 aliphatic carbocycles. The summed E-state index contributed by atoms with van der Waals surface area (Å²) in [6.07, 6.45) is 3.65. The summed E-state index contributed by atoms with van der Waals surface area (Å²) in [7, 11) is 3.53. The number of piperidine rings is 1. The minimum atomic E-state index is -0.0324. The Balaban J connectivity index is 1.80. The van der Waals surface area contributed by atoms with Crippen molar-refractivity contribution >= 4 is 28.5 Å². The zero-order chi connectivity index (χ0) is 23.7. The van der Waals surface area contributed by atoms with Crippen LogP contribution in [0.25, 0.3) is 11.4 Å². The summed E-state index contributed by atoms with van der Waals surface area (Å²) in [5.41, 5.74) is 6.91. The molecule has 1 saturated heterocycles. The number of hydrogen-bond acceptors (Lipinski definition) is 7. The van der Waals surface area contributed by atoms with E-state index in [0.29, 0.717) is 28.8 Å². The van der Waals surface area contributed by atoms with Crippen molar-refractivity contribution in [3.8, 4) is 17.1 Å². The van der Waals surface area contributed by atoms with Crippen molar-refractivity contribution in [2.45, 2.75) is 57.7 Å². The largest absolute Gasteiger partial charge is 0.507 e. The van der Waals surface area contributed by atoms with Gasteiger partial charge in [-0.15, -0.1) is 10.2 Å². The Morgan fingerprint density at radius 3 is 2.41 bits per heavy atom. The van der Waals surface area contributed by atoms with Crippen molar-refractivity contribution < 1.29 is 5.11 Å². The van der Waals surface area contributed by atoms with E-state index >= 15 is 0 Å². The maximum absolute atomic E-state index is 10.5. The molecule has 0 atom stereocenters. The molecule has 2 aromatic rings. The van der Waals surface area contributed by atoms with E-state index in [1.165, 1.54) is 13.1 Å². The second-order valence-electron chi connectivity index (χ2n) is 9.43. The molecule has 0 amide bonds. The number of benzene rings is 1. The minimum Gasteiger partial charge on any atom is -0.507 e. The van der Waals surface area contributed by atoms with E-state index in [2.05, 4.69) is 63.1 Å². The zero-order valence-electron chi connectivity index (χ0n) is 19.4. The van der Waals surface area contributed by atoms with Gasteiger partial charge in [0.2, 0.25) is 5.29 Å². The predicted molar refractivity (Wildman–Crippen MR) is 130 cm³/mol. The van der Waals surface area contributed by atoms with Gasteiger partial charge in [-0.05, 0) is 64.3 Å². The molecule has 1 fully saturated rings. The molecule has 1 aliphatic heterocycles. The topological polar surface area (TPSA) is 125 Å². The fourth-order valence-electron chi connectivity index (χ4n) is 4.38. The first-order valence-corrected chi connectivity index (χ1v) is 10.8. The van der Waals surface area contributed by atoms with Crippen LogP contribution in [-0.2, 0) is 0 Å². The summed E-state index contributed by atoms with van der Waals surface area (Å²) in [5, 5.41) is 22.8. The fraction of sp³-hybridized carbons (Fsp3) is 0.500. The van der Waals surface area contributed by atoms with E-state index in [-0.39, 0.29) is 28.0 Å². The highest BCUT2D eigenvalue weighted by Gasteiger charge is 2.39. The minimum absolute atomic E-state index is 0.0212. The monoisotopic (exact) mass is 458 g/mol. The highest BCUT2D eigenvalue weighted by Crippen LogP contribution is 2.33. The number of phenols is 1. The third-order valence-electron chi connectivity index (χ3n) is 5.56. The van der Waals surface area contributed by atoms with Crippen molar-refractivity contribution in [3.63, 3.8) is 0 Å². The fourth-order valence-corrected chi connectivity index (χ4v) is 4.47. The maximum Gasteiger partial charge on any atom is 0.219 e. The molecule has 10 heteroatoms. The summed E-state index contributed by atoms with van der Waals surface area (Å²) in [6.45, 7) is 8.87. The Hall–Kier alpha value is -2.78. The molecule has 32 heavy (non-hydrogen) atoms. The van der Waals surface area contributed by atoms with E-state index in [9.17, 15) is 5.11 Å². The van der Waals surface area contributed by atoms with Gasteiger partial charge in [-0.2, -0.15) is 0 Å². The van der Waals surface area contributed by atoms with Crippen LogP contribution in [0.2, 0.25) is 0 Å². The van der Waals surface area contributed by atoms with E-state index in [1.54, 1.807) is 18.3 Å². The second-order valence-corrected chi connectivity index (χ2v) is 9.77. The molecule has 0 radical (unpaired) electrons. The molecule has 9 nitrogen and oxygen atoms in total. The molecular formula is C22H31ClN8O. The van der Waals surface area contributed by atoms with Crippen LogP contribution in [0.4, 0.5) is 5.82 Å². The number of aromatic nitrogens is 3. The van der Waals surface area contributed by atoms with Crippen LogP contribution in [-0.4, -0.2) is 62.6 Å². The summed E-state index contributed by atoms with van der Waals surface area (Å²) < 4.78 is 0. The summed E-state index contributed by atoms with van der Waals surface area (Å²) in [5.74, 6) is 1.12. The lowest BCUT2D eigenvalue weighted by atomic mass is 9.79. The average molecular weight is 459 g/mol. The van der Waals surface area contributed by atoms with Crippen molar-refractivity contribution in [2.24, 2.45) is 15.7 Å². The van der Waals surface area contributed by atoms with Crippen molar-refractivity contribution in [2.75, 3.05) is 19.0 Å². The molecule has 0 unspecified atom stereocenters. The Bertz CT molecular complexity index is 1020. The Morgan fingerprint density at radius 2 is 1.88 bits per heavy atom. The van der Waals surface area contributed by atoms with Gasteiger partial charge in [0.25, 0.3) is 0 Å². The molecule has 4 N–H and O–H groups in total. The number of rotatable bonds is 4. The van der Waals surface area contributed by atoms with Crippen molar-refractivity contribution in [3.05, 3.63) is 30.0 Å². The first-order chi connectivity index (χ1) is 14.9. The van der Waals surface area contributed by atoms with Gasteiger partial charge in [0.1, 0.15) is 11.6 Å². The lowest BCUT2D eigenvalue weighted by molar-refractivity contribution is 0.160. The Labute approximate surface area is 193 Å². The summed E-state index contributed by atoms with van der Waals surface area (Å²) in [6, 6.07) is 5.16. The third-order valence-corrected chi connectivity index (χ3v) is 5.81. The molecule has 0 saturated carbocycles. The van der Waals surface area contributed by atoms with Crippen LogP contribution in [0, 0.1) is 0 Å². The Morgan fingerprint density at radius 1 is 1.22 bits per heavy atom. The quantitative estimate of drug-likeness (QED) is 0.365. The van der Waals surface area contributed by atoms with Gasteiger partial charge in [-0.25, -0.2) is 9.98 Å². The molecular weight excluding hydrogens is 428 g/mol. The van der Waals surface area contributed by atoms with E-state index in [0.717, 1.165) is 12.8 Å². The number of amidine groups is 2. The molecule has 1 aliphatic rings. The normalized spacial score (nSPS) is 19.1. The van der Waals surface area contributed by atoms with Gasteiger partial charge in [-0.3, -0.25) is 4.99 Å². The number of nitrogens with one attached hydrogen (secondary N) is 1. The number of nitrogens with two attached hydrogens (primary N) is 1. The summed E-state index contributed by atoms with van der Waals surface area (Å²) in [4.78, 5) is 14.3. The van der Waals surface area contributed by atoms with E-state index in [1.807, 2.05) is 7.05 Å². The van der Waals surface area contributed by atoms with Crippen molar-refractivity contribution in [1.29, 1.82) is 0 Å². The molecule has 2 heterocycles. The molecule has 172 valence electrons. The number of aromatic hydroxyl groups is 1. The van der Waals surface area contributed by atoms with Gasteiger partial charge >= 0.3 is 0 Å². The standard InChI is InChI=1S/C22H31ClN8O/c1-21(2)10-14(11-22(3,4)30-21)31(6)17-12-26-19(29-28-17)15-8-7-13(9-16(15)32)18(24)27-20(23)25-5/h7-9,12,14,30,32H,10-11H2,1-6H3,(H2,24,25,27). The van der Waals surface area contributed by atoms with Crippen LogP contribution in [0.15, 0.2) is 34.4 Å². The SMILES string of the molecule is CN=C(Cl)N=C(N)c1ccc(-c2ncc(N(C)C3CC(C)(C)NC(C)(C)C3)nn2)c(O)c1. The van der Waals surface area contributed by atoms with Crippen LogP contribution < -0.4 is 16.0 Å². The van der Waals surface area contributed by atoms with Gasteiger partial charge in [0.05, 0.1) is 11.8 Å². The Kier molecular flexibility index (Phi) is 6.71. The number of hydrogen-bond donors (Lipinski definition) is 3. The first kappa shape index (κ1) is 23.9. The highest BCUT2D eigenvalue weighted by atomic mass is 35.5. The third kappa shape index (κ3) is 5.52. The van der Waals surface area contributed by atoms with Gasteiger partial charge < -0.3 is 21.1 Å². The summed E-state index contributed by atoms with van der Waals surface area (Å²) >= 11 is 5.79. The van der Waals surface area contributed by atoms with Crippen molar-refractivity contribution in [1.82, 2.24) is 20.5 Å². The second kappa shape index (κ2) is 8.99.